The molecule has 0 radical (unpaired) electrons. The van der Waals surface area contributed by atoms with Crippen molar-refractivity contribution in [2.75, 3.05) is 19.6 Å². The number of Topliss-reactive ketones (excluding diaryl/α,β-unsaturated/α-hetero) is 1. The first-order valence-electron chi connectivity index (χ1n) is 21.2. The van der Waals surface area contributed by atoms with E-state index in [2.05, 4.69) is 67.4 Å². The van der Waals surface area contributed by atoms with Crippen molar-refractivity contribution in [3.8, 4) is 0 Å². The predicted octanol–water partition coefficient (Wildman–Crippen LogP) is 13.3. The summed E-state index contributed by atoms with van der Waals surface area (Å²) in [6.07, 6.45) is 52.4. The molecule has 0 unspecified atom stereocenters. The van der Waals surface area contributed by atoms with Crippen LogP contribution in [0.15, 0.2) is 48.6 Å². The van der Waals surface area contributed by atoms with Gasteiger partial charge in [-0.25, -0.2) is 0 Å². The Bertz CT molecular complexity index is 780. The molecule has 4 heteroatoms. The van der Waals surface area contributed by atoms with E-state index in [9.17, 15) is 9.59 Å². The topological polar surface area (TPSA) is 63.4 Å². The van der Waals surface area contributed by atoms with Crippen molar-refractivity contribution in [3.05, 3.63) is 48.6 Å². The van der Waals surface area contributed by atoms with Gasteiger partial charge in [0.15, 0.2) is 0 Å². The summed E-state index contributed by atoms with van der Waals surface area (Å²) in [6, 6.07) is 0. The predicted molar refractivity (Wildman–Crippen MR) is 217 cm³/mol. The van der Waals surface area contributed by atoms with Crippen LogP contribution in [0.1, 0.15) is 206 Å². The van der Waals surface area contributed by atoms with E-state index in [0.29, 0.717) is 32.2 Å². The first kappa shape index (κ1) is 47.1. The number of amides is 1. The maximum absolute atomic E-state index is 13.1. The van der Waals surface area contributed by atoms with Crippen LogP contribution in [0.25, 0.3) is 0 Å². The summed E-state index contributed by atoms with van der Waals surface area (Å²) in [6.45, 7) is 6.90. The maximum atomic E-state index is 13.1. The van der Waals surface area contributed by atoms with Crippen molar-refractivity contribution in [3.63, 3.8) is 0 Å². The molecule has 0 aliphatic heterocycles. The fourth-order valence-electron chi connectivity index (χ4n) is 6.13. The van der Waals surface area contributed by atoms with Crippen LogP contribution in [0.3, 0.4) is 0 Å². The van der Waals surface area contributed by atoms with Crippen LogP contribution in [-0.4, -0.2) is 36.2 Å². The third kappa shape index (κ3) is 37.1. The summed E-state index contributed by atoms with van der Waals surface area (Å²) in [7, 11) is 0. The molecular weight excluding hydrogens is 601 g/mol. The van der Waals surface area contributed by atoms with Crippen molar-refractivity contribution in [2.24, 2.45) is 5.73 Å². The number of unbranched alkanes of at least 4 members (excludes halogenated alkanes) is 19. The van der Waals surface area contributed by atoms with Crippen LogP contribution in [0.4, 0.5) is 0 Å². The number of carbonyl (C=O) groups excluding carboxylic acids is 2. The third-order valence-electron chi connectivity index (χ3n) is 9.37. The average Bonchev–Trinajstić information content (AvgIpc) is 3.10. The Labute approximate surface area is 305 Å². The first-order chi connectivity index (χ1) is 24.2. The van der Waals surface area contributed by atoms with E-state index in [0.717, 1.165) is 51.6 Å². The molecule has 0 fully saturated rings. The molecule has 1 amide bonds. The van der Waals surface area contributed by atoms with E-state index in [1.54, 1.807) is 0 Å². The molecule has 0 saturated heterocycles. The van der Waals surface area contributed by atoms with Crippen LogP contribution in [0, 0.1) is 0 Å². The van der Waals surface area contributed by atoms with Crippen molar-refractivity contribution < 1.29 is 9.59 Å². The highest BCUT2D eigenvalue weighted by atomic mass is 16.2. The lowest BCUT2D eigenvalue weighted by atomic mass is 10.1. The summed E-state index contributed by atoms with van der Waals surface area (Å²) in [5, 5.41) is 0. The van der Waals surface area contributed by atoms with Gasteiger partial charge in [0.1, 0.15) is 5.78 Å². The van der Waals surface area contributed by atoms with E-state index in [1.807, 2.05) is 0 Å². The quantitative estimate of drug-likeness (QED) is 0.0521. The maximum Gasteiger partial charge on any atom is 0.222 e. The van der Waals surface area contributed by atoms with Crippen LogP contribution in [-0.2, 0) is 9.59 Å². The van der Waals surface area contributed by atoms with E-state index in [4.69, 9.17) is 5.73 Å². The number of carbonyl (C=O) groups is 2. The molecule has 0 aliphatic carbocycles. The standard InChI is InChI=1S/C45H82N2O2/c1-3-5-7-9-11-13-15-17-19-21-23-25-27-29-31-35-42-47(45(49)40-37-39-44(48)38-33-34-41-46)43-36-32-30-28-26-24-22-20-18-16-14-12-10-8-6-4-2/h11-14,17-20H,3-10,15-16,21-43,46H2,1-2H3/b13-11-,14-12-,19-17-,20-18-. The molecule has 49 heavy (non-hydrogen) atoms. The molecule has 284 valence electrons. The van der Waals surface area contributed by atoms with Crippen molar-refractivity contribution in [2.45, 2.75) is 206 Å². The van der Waals surface area contributed by atoms with Gasteiger partial charge in [0, 0.05) is 32.4 Å². The second-order valence-electron chi connectivity index (χ2n) is 14.2. The van der Waals surface area contributed by atoms with Gasteiger partial charge in [0.05, 0.1) is 0 Å². The van der Waals surface area contributed by atoms with Crippen molar-refractivity contribution >= 4 is 11.7 Å². The number of hydrogen-bond donors (Lipinski definition) is 1. The summed E-state index contributed by atoms with van der Waals surface area (Å²) < 4.78 is 0. The molecule has 0 heterocycles. The van der Waals surface area contributed by atoms with Crippen molar-refractivity contribution in [1.29, 1.82) is 0 Å². The molecule has 0 rings (SSSR count). The molecule has 0 bridgehead atoms. The summed E-state index contributed by atoms with van der Waals surface area (Å²) in [5.41, 5.74) is 5.55. The Balaban J connectivity index is 4.19. The van der Waals surface area contributed by atoms with Gasteiger partial charge in [-0.05, 0) is 103 Å². The Kier molecular flexibility index (Phi) is 38.9. The number of rotatable bonds is 38. The van der Waals surface area contributed by atoms with Crippen LogP contribution < -0.4 is 5.73 Å². The van der Waals surface area contributed by atoms with Crippen LogP contribution in [0.5, 0.6) is 0 Å². The third-order valence-corrected chi connectivity index (χ3v) is 9.37. The minimum Gasteiger partial charge on any atom is -0.343 e. The highest BCUT2D eigenvalue weighted by molar-refractivity contribution is 5.80. The van der Waals surface area contributed by atoms with Crippen LogP contribution in [0.2, 0.25) is 0 Å². The van der Waals surface area contributed by atoms with Gasteiger partial charge < -0.3 is 10.6 Å². The molecule has 0 aromatic carbocycles. The second kappa shape index (κ2) is 40.5. The van der Waals surface area contributed by atoms with E-state index < -0.39 is 0 Å². The van der Waals surface area contributed by atoms with E-state index in [1.165, 1.54) is 128 Å². The number of ketones is 1. The van der Waals surface area contributed by atoms with Gasteiger partial charge in [-0.3, -0.25) is 9.59 Å². The lowest BCUT2D eigenvalue weighted by Crippen LogP contribution is -2.33. The zero-order valence-electron chi connectivity index (χ0n) is 32.8. The molecule has 4 nitrogen and oxygen atoms in total. The second-order valence-corrected chi connectivity index (χ2v) is 14.2. The fourth-order valence-corrected chi connectivity index (χ4v) is 6.13. The zero-order chi connectivity index (χ0) is 35.7. The minimum atomic E-state index is 0.250. The monoisotopic (exact) mass is 683 g/mol. The van der Waals surface area contributed by atoms with Gasteiger partial charge in [-0.1, -0.05) is 140 Å². The largest absolute Gasteiger partial charge is 0.343 e. The molecule has 0 aromatic heterocycles. The van der Waals surface area contributed by atoms with Gasteiger partial charge in [-0.2, -0.15) is 0 Å². The van der Waals surface area contributed by atoms with Crippen molar-refractivity contribution in [1.82, 2.24) is 4.90 Å². The highest BCUT2D eigenvalue weighted by Gasteiger charge is 2.13. The molecule has 0 atom stereocenters. The van der Waals surface area contributed by atoms with Gasteiger partial charge >= 0.3 is 0 Å². The SMILES string of the molecule is CCCCC/C=C\C/C=C\CCCCCCCCN(CCCCCCCC/C=C\C/C=C\CCCCC)C(=O)CCCC(=O)CCCCN. The number of hydrogen-bond acceptors (Lipinski definition) is 3. The Morgan fingerprint density at radius 3 is 1.24 bits per heavy atom. The summed E-state index contributed by atoms with van der Waals surface area (Å²) >= 11 is 0. The van der Waals surface area contributed by atoms with Gasteiger partial charge in [-0.15, -0.1) is 0 Å². The molecule has 0 saturated carbocycles. The minimum absolute atomic E-state index is 0.250. The Morgan fingerprint density at radius 2 is 0.816 bits per heavy atom. The van der Waals surface area contributed by atoms with Gasteiger partial charge in [0.2, 0.25) is 5.91 Å². The Hall–Kier alpha value is -1.94. The Morgan fingerprint density at radius 1 is 0.429 bits per heavy atom. The normalized spacial score (nSPS) is 12.1. The van der Waals surface area contributed by atoms with E-state index >= 15 is 0 Å². The number of nitrogens with zero attached hydrogens (tertiary/aromatic N) is 1. The zero-order valence-corrected chi connectivity index (χ0v) is 32.8. The highest BCUT2D eigenvalue weighted by Crippen LogP contribution is 2.13. The lowest BCUT2D eigenvalue weighted by Gasteiger charge is -2.23. The molecule has 0 spiro atoms. The molecule has 0 aliphatic rings. The number of nitrogens with two attached hydrogens (primary N) is 1. The van der Waals surface area contributed by atoms with Crippen LogP contribution >= 0.6 is 0 Å². The number of allylic oxidation sites excluding steroid dienone is 8. The smallest absolute Gasteiger partial charge is 0.222 e. The fraction of sp³-hybridized carbons (Fsp3) is 0.778. The average molecular weight is 683 g/mol. The van der Waals surface area contributed by atoms with Gasteiger partial charge in [0.25, 0.3) is 0 Å². The molecule has 0 aromatic rings. The summed E-state index contributed by atoms with van der Waals surface area (Å²) in [5.74, 6) is 0.531. The van der Waals surface area contributed by atoms with E-state index in [-0.39, 0.29) is 11.7 Å². The first-order valence-corrected chi connectivity index (χ1v) is 21.2. The summed E-state index contributed by atoms with van der Waals surface area (Å²) in [4.78, 5) is 27.4. The lowest BCUT2D eigenvalue weighted by molar-refractivity contribution is -0.131. The molecular formula is C45H82N2O2. The molecule has 2 N–H and O–H groups in total.